The van der Waals surface area contributed by atoms with Crippen molar-refractivity contribution in [2.24, 2.45) is 5.92 Å². The first-order valence-corrected chi connectivity index (χ1v) is 15.5. The molecule has 0 spiro atoms. The van der Waals surface area contributed by atoms with E-state index in [-0.39, 0.29) is 46.5 Å². The van der Waals surface area contributed by atoms with Gasteiger partial charge in [-0.15, -0.1) is 0 Å². The fraction of sp³-hybridized carbons (Fsp3) is 0.457. The minimum absolute atomic E-state index is 0.0453. The van der Waals surface area contributed by atoms with Gasteiger partial charge in [-0.25, -0.2) is 22.0 Å². The molecular weight excluding hydrogens is 598 g/mol. The molecule has 2 N–H and O–H groups in total. The number of ether oxygens (including phenoxy) is 1. The minimum Gasteiger partial charge on any atom is -0.505 e. The van der Waals surface area contributed by atoms with Crippen molar-refractivity contribution in [2.45, 2.75) is 95.2 Å². The summed E-state index contributed by atoms with van der Waals surface area (Å²) in [6.07, 6.45) is 3.14. The quantitative estimate of drug-likeness (QED) is 0.192. The highest BCUT2D eigenvalue weighted by Crippen LogP contribution is 2.41. The summed E-state index contributed by atoms with van der Waals surface area (Å²) in [4.78, 5) is 12.9. The molecule has 0 aromatic heterocycles. The molecule has 0 radical (unpaired) electrons. The van der Waals surface area contributed by atoms with Crippen LogP contribution in [0.1, 0.15) is 106 Å². The highest BCUT2D eigenvalue weighted by Gasteiger charge is 2.34. The van der Waals surface area contributed by atoms with Gasteiger partial charge < -0.3 is 14.9 Å². The Morgan fingerprint density at radius 3 is 1.82 bits per heavy atom. The third-order valence-electron chi connectivity index (χ3n) is 9.42. The van der Waals surface area contributed by atoms with Crippen LogP contribution in [-0.2, 0) is 9.53 Å². The predicted octanol–water partition coefficient (Wildman–Crippen LogP) is 9.27. The monoisotopic (exact) mass is 634 g/mol. The number of phenolic OH excluding ortho intramolecular Hbond substituents is 1. The van der Waals surface area contributed by atoms with Gasteiger partial charge >= 0.3 is 5.97 Å². The average Bonchev–Trinajstić information content (AvgIpc) is 3.03. The van der Waals surface area contributed by atoms with Gasteiger partial charge in [0.2, 0.25) is 5.82 Å². The fourth-order valence-electron chi connectivity index (χ4n) is 6.81. The third kappa shape index (κ3) is 6.71. The number of carbonyl (C=O) groups excluding carboxylic acids is 1. The maximum atomic E-state index is 15.1. The largest absolute Gasteiger partial charge is 0.505 e. The second kappa shape index (κ2) is 13.8. The molecule has 5 rings (SSSR count). The molecule has 0 bridgehead atoms. The highest BCUT2D eigenvalue weighted by molar-refractivity contribution is 5.72. The number of hydrogen-bond acceptors (Lipinski definition) is 4. The summed E-state index contributed by atoms with van der Waals surface area (Å²) < 4.78 is 93.5. The molecule has 10 heteroatoms. The van der Waals surface area contributed by atoms with Crippen molar-refractivity contribution in [3.63, 3.8) is 0 Å². The molecule has 0 amide bonds. The summed E-state index contributed by atoms with van der Waals surface area (Å²) in [5.41, 5.74) is -0.648. The number of benzene rings is 3. The molecule has 3 aromatic rings. The van der Waals surface area contributed by atoms with Crippen molar-refractivity contribution in [3.8, 4) is 16.9 Å². The minimum atomic E-state index is -1.55. The molecule has 2 fully saturated rings. The zero-order chi connectivity index (χ0) is 32.4. The lowest BCUT2D eigenvalue weighted by atomic mass is 9.78. The van der Waals surface area contributed by atoms with E-state index in [0.29, 0.717) is 64.2 Å². The third-order valence-corrected chi connectivity index (χ3v) is 9.42. The maximum Gasteiger partial charge on any atom is 0.309 e. The number of halogens is 6. The van der Waals surface area contributed by atoms with Crippen LogP contribution in [0.2, 0.25) is 0 Å². The van der Waals surface area contributed by atoms with E-state index in [2.05, 4.69) is 0 Å². The second-order valence-corrected chi connectivity index (χ2v) is 12.2. The van der Waals surface area contributed by atoms with Crippen LogP contribution < -0.4 is 0 Å². The maximum absolute atomic E-state index is 15.1. The Morgan fingerprint density at radius 1 is 0.711 bits per heavy atom. The van der Waals surface area contributed by atoms with Crippen LogP contribution in [0.25, 0.3) is 11.1 Å². The Morgan fingerprint density at radius 2 is 1.22 bits per heavy atom. The molecular formula is C35H36F6O4. The van der Waals surface area contributed by atoms with E-state index < -0.39 is 57.9 Å². The molecule has 242 valence electrons. The number of phenols is 1. The molecule has 4 nitrogen and oxygen atoms in total. The van der Waals surface area contributed by atoms with Gasteiger partial charge in [0.05, 0.1) is 12.0 Å². The van der Waals surface area contributed by atoms with E-state index in [9.17, 15) is 37.0 Å². The summed E-state index contributed by atoms with van der Waals surface area (Å²) in [6.45, 7) is 1.85. The van der Waals surface area contributed by atoms with Crippen molar-refractivity contribution in [3.05, 3.63) is 88.0 Å². The zero-order valence-corrected chi connectivity index (χ0v) is 24.9. The topological polar surface area (TPSA) is 66.8 Å². The number of aliphatic hydroxyl groups excluding tert-OH is 1. The van der Waals surface area contributed by atoms with Crippen molar-refractivity contribution >= 4 is 5.97 Å². The lowest BCUT2D eigenvalue weighted by Crippen LogP contribution is -2.30. The van der Waals surface area contributed by atoms with Gasteiger partial charge in [-0.05, 0) is 92.9 Å². The number of aromatic hydroxyl groups is 1. The lowest BCUT2D eigenvalue weighted by molar-refractivity contribution is -0.157. The van der Waals surface area contributed by atoms with E-state index in [1.54, 1.807) is 0 Å². The normalized spacial score (nSPS) is 22.7. The molecule has 45 heavy (non-hydrogen) atoms. The van der Waals surface area contributed by atoms with Crippen molar-refractivity contribution in [1.29, 1.82) is 0 Å². The summed E-state index contributed by atoms with van der Waals surface area (Å²) >= 11 is 0. The summed E-state index contributed by atoms with van der Waals surface area (Å²) in [5, 5.41) is 19.4. The molecule has 2 aliphatic rings. The highest BCUT2D eigenvalue weighted by atomic mass is 19.2. The smallest absolute Gasteiger partial charge is 0.309 e. The molecule has 0 saturated heterocycles. The molecule has 1 atom stereocenters. The molecule has 3 aromatic carbocycles. The molecule has 2 saturated carbocycles. The Labute approximate surface area is 258 Å². The van der Waals surface area contributed by atoms with Gasteiger partial charge in [0, 0.05) is 16.7 Å². The van der Waals surface area contributed by atoms with Gasteiger partial charge in [0.15, 0.2) is 34.8 Å². The van der Waals surface area contributed by atoms with Gasteiger partial charge in [-0.3, -0.25) is 4.79 Å². The van der Waals surface area contributed by atoms with Gasteiger partial charge in [-0.1, -0.05) is 37.6 Å². The molecule has 0 heterocycles. The number of esters is 1. The number of carbonyl (C=O) groups is 1. The number of rotatable bonds is 8. The van der Waals surface area contributed by atoms with Crippen LogP contribution in [0.5, 0.6) is 5.75 Å². The SMILES string of the molecule is CCCC(O)c1ccc(C2CCC(C(=O)OC3CCC(c4ccc(-c5ccc(O)c(F)c5F)c(F)c4F)CC3)CC2)c(F)c1F. The van der Waals surface area contributed by atoms with Gasteiger partial charge in [0.1, 0.15) is 6.10 Å². The Balaban J connectivity index is 1.14. The van der Waals surface area contributed by atoms with Crippen LogP contribution >= 0.6 is 0 Å². The first-order valence-electron chi connectivity index (χ1n) is 15.5. The molecule has 1 unspecified atom stereocenters. The van der Waals surface area contributed by atoms with Crippen LogP contribution in [0.4, 0.5) is 26.3 Å². The van der Waals surface area contributed by atoms with Crippen LogP contribution in [-0.4, -0.2) is 22.3 Å². The Bertz CT molecular complexity index is 1540. The summed E-state index contributed by atoms with van der Waals surface area (Å²) in [5.74, 6) is -9.72. The van der Waals surface area contributed by atoms with Crippen molar-refractivity contribution < 1.29 is 46.1 Å². The van der Waals surface area contributed by atoms with Crippen molar-refractivity contribution in [2.75, 3.05) is 0 Å². The van der Waals surface area contributed by atoms with Crippen LogP contribution in [0.3, 0.4) is 0 Å². The van der Waals surface area contributed by atoms with Gasteiger partial charge in [0.25, 0.3) is 0 Å². The van der Waals surface area contributed by atoms with Gasteiger partial charge in [-0.2, -0.15) is 4.39 Å². The summed E-state index contributed by atoms with van der Waals surface area (Å²) in [6, 6.07) is 7.36. The van der Waals surface area contributed by atoms with Crippen LogP contribution in [0, 0.1) is 40.8 Å². The first-order chi connectivity index (χ1) is 21.5. The number of aliphatic hydroxyl groups is 1. The Kier molecular flexibility index (Phi) is 10.1. The average molecular weight is 635 g/mol. The van der Waals surface area contributed by atoms with Crippen molar-refractivity contribution in [1.82, 2.24) is 0 Å². The standard InChI is InChI=1S/C35H36F6O4/c1-2-3-27(42)26-15-13-23(30(37)33(26)40)18-4-6-20(7-5-18)35(44)45-21-10-8-19(9-11-21)22-12-14-24(31(38)29(22)36)25-16-17-28(43)34(41)32(25)39/h12-21,27,42-43H,2-11H2,1H3. The Hall–Kier alpha value is -3.53. The molecule has 0 aliphatic heterocycles. The predicted molar refractivity (Wildman–Crippen MR) is 155 cm³/mol. The molecule has 2 aliphatic carbocycles. The zero-order valence-electron chi connectivity index (χ0n) is 24.9. The summed E-state index contributed by atoms with van der Waals surface area (Å²) in [7, 11) is 0. The second-order valence-electron chi connectivity index (χ2n) is 12.2. The lowest BCUT2D eigenvalue weighted by Gasteiger charge is -2.32. The first kappa shape index (κ1) is 32.9. The van der Waals surface area contributed by atoms with E-state index in [1.165, 1.54) is 24.3 Å². The van der Waals surface area contributed by atoms with E-state index in [0.717, 1.165) is 12.1 Å². The van der Waals surface area contributed by atoms with E-state index in [4.69, 9.17) is 4.74 Å². The number of hydrogen-bond donors (Lipinski definition) is 2. The van der Waals surface area contributed by atoms with E-state index in [1.807, 2.05) is 6.92 Å². The fourth-order valence-corrected chi connectivity index (χ4v) is 6.81. The van der Waals surface area contributed by atoms with E-state index >= 15 is 4.39 Å². The van der Waals surface area contributed by atoms with Crippen LogP contribution in [0.15, 0.2) is 36.4 Å².